The van der Waals surface area contributed by atoms with E-state index < -0.39 is 17.8 Å². The van der Waals surface area contributed by atoms with E-state index in [1.54, 1.807) is 12.1 Å². The molecule has 0 unspecified atom stereocenters. The lowest BCUT2D eigenvalue weighted by molar-refractivity contribution is -0.255. The van der Waals surface area contributed by atoms with Crippen LogP contribution in [0.1, 0.15) is 21.5 Å². The second-order valence-corrected chi connectivity index (χ2v) is 4.93. The van der Waals surface area contributed by atoms with Gasteiger partial charge in [-0.3, -0.25) is 9.59 Å². The summed E-state index contributed by atoms with van der Waals surface area (Å²) in [6.45, 7) is 1.91. The second-order valence-electron chi connectivity index (χ2n) is 4.93. The number of anilines is 1. The summed E-state index contributed by atoms with van der Waals surface area (Å²) in [7, 11) is 0. The minimum Gasteiger partial charge on any atom is -0.545 e. The van der Waals surface area contributed by atoms with Gasteiger partial charge in [0, 0.05) is 5.69 Å². The van der Waals surface area contributed by atoms with Gasteiger partial charge in [-0.1, -0.05) is 42.0 Å². The Kier molecular flexibility index (Phi) is 5.40. The number of carboxylic acid groups (broad SMARTS) is 1. The number of hydrogen-bond donors (Lipinski definition) is 2. The summed E-state index contributed by atoms with van der Waals surface area (Å²) in [4.78, 5) is 33.9. The predicted octanol–water partition coefficient (Wildman–Crippen LogP) is 0.447. The number of benzene rings is 2. The number of aryl methyl sites for hydroxylation is 1. The van der Waals surface area contributed by atoms with E-state index in [1.165, 1.54) is 30.5 Å². The fraction of sp³-hybridized carbons (Fsp3) is 0.0588. The van der Waals surface area contributed by atoms with Gasteiger partial charge in [0.05, 0.1) is 12.2 Å². The average molecular weight is 324 g/mol. The van der Waals surface area contributed by atoms with Gasteiger partial charge in [0.2, 0.25) is 0 Å². The molecule has 2 aromatic carbocycles. The summed E-state index contributed by atoms with van der Waals surface area (Å²) in [5.74, 6) is -3.04. The Morgan fingerprint density at radius 1 is 0.958 bits per heavy atom. The van der Waals surface area contributed by atoms with Gasteiger partial charge in [-0.15, -0.1) is 0 Å². The Labute approximate surface area is 138 Å². The van der Waals surface area contributed by atoms with Gasteiger partial charge in [0.15, 0.2) is 0 Å². The van der Waals surface area contributed by atoms with Crippen molar-refractivity contribution in [2.24, 2.45) is 5.10 Å². The van der Waals surface area contributed by atoms with E-state index in [1.807, 2.05) is 19.1 Å². The van der Waals surface area contributed by atoms with Crippen molar-refractivity contribution in [3.05, 3.63) is 65.2 Å². The fourth-order valence-corrected chi connectivity index (χ4v) is 1.75. The van der Waals surface area contributed by atoms with Crippen molar-refractivity contribution < 1.29 is 19.5 Å². The van der Waals surface area contributed by atoms with Crippen molar-refractivity contribution in [3.8, 4) is 0 Å². The van der Waals surface area contributed by atoms with E-state index in [4.69, 9.17) is 0 Å². The first kappa shape index (κ1) is 16.9. The van der Waals surface area contributed by atoms with Gasteiger partial charge in [0.25, 0.3) is 0 Å². The number of aromatic carboxylic acids is 1. The molecular weight excluding hydrogens is 310 g/mol. The number of hydrogen-bond acceptors (Lipinski definition) is 5. The maximum Gasteiger partial charge on any atom is 0.329 e. The third kappa shape index (κ3) is 4.77. The molecule has 24 heavy (non-hydrogen) atoms. The molecule has 0 bridgehead atoms. The van der Waals surface area contributed by atoms with Gasteiger partial charge in [-0.05, 0) is 30.2 Å². The highest BCUT2D eigenvalue weighted by Crippen LogP contribution is 2.08. The molecule has 2 N–H and O–H groups in total. The number of amides is 2. The van der Waals surface area contributed by atoms with Gasteiger partial charge in [0.1, 0.15) is 0 Å². The first-order valence-corrected chi connectivity index (χ1v) is 6.98. The zero-order chi connectivity index (χ0) is 17.5. The lowest BCUT2D eigenvalue weighted by Crippen LogP contribution is -2.32. The normalized spacial score (nSPS) is 10.4. The van der Waals surface area contributed by atoms with Crippen molar-refractivity contribution >= 4 is 29.7 Å². The molecule has 0 atom stereocenters. The molecule has 0 saturated carbocycles. The summed E-state index contributed by atoms with van der Waals surface area (Å²) in [5, 5.41) is 16.7. The first-order valence-electron chi connectivity index (χ1n) is 6.98. The number of carbonyl (C=O) groups excluding carboxylic acids is 3. The van der Waals surface area contributed by atoms with Gasteiger partial charge < -0.3 is 15.2 Å². The summed E-state index contributed by atoms with van der Waals surface area (Å²) in [6.07, 6.45) is 1.29. The van der Waals surface area contributed by atoms with Gasteiger partial charge >= 0.3 is 11.8 Å². The quantitative estimate of drug-likeness (QED) is 0.483. The first-order chi connectivity index (χ1) is 11.5. The Morgan fingerprint density at radius 2 is 1.58 bits per heavy atom. The van der Waals surface area contributed by atoms with Crippen LogP contribution in [0.2, 0.25) is 0 Å². The Hall–Kier alpha value is -3.48. The van der Waals surface area contributed by atoms with Crippen LogP contribution in [0.15, 0.2) is 53.6 Å². The van der Waals surface area contributed by atoms with E-state index in [0.29, 0.717) is 11.3 Å². The smallest absolute Gasteiger partial charge is 0.329 e. The van der Waals surface area contributed by atoms with Crippen LogP contribution < -0.4 is 15.8 Å². The number of carboxylic acids is 1. The molecule has 2 rings (SSSR count). The van der Waals surface area contributed by atoms with Crippen molar-refractivity contribution in [2.75, 3.05) is 5.32 Å². The van der Waals surface area contributed by atoms with E-state index in [2.05, 4.69) is 15.8 Å². The lowest BCUT2D eigenvalue weighted by Gasteiger charge is -2.04. The van der Waals surface area contributed by atoms with Crippen molar-refractivity contribution in [1.82, 2.24) is 5.43 Å². The fourth-order valence-electron chi connectivity index (χ4n) is 1.75. The maximum atomic E-state index is 11.7. The van der Waals surface area contributed by atoms with E-state index in [-0.39, 0.29) is 5.56 Å². The van der Waals surface area contributed by atoms with Crippen molar-refractivity contribution in [3.63, 3.8) is 0 Å². The number of nitrogens with zero attached hydrogens (tertiary/aromatic N) is 1. The molecule has 0 aliphatic heterocycles. The molecule has 2 amide bonds. The monoisotopic (exact) mass is 324 g/mol. The molecule has 0 aliphatic rings. The molecule has 0 spiro atoms. The number of nitrogens with one attached hydrogen (secondary N) is 2. The van der Waals surface area contributed by atoms with E-state index >= 15 is 0 Å². The molecule has 7 nitrogen and oxygen atoms in total. The molecule has 2 aromatic rings. The van der Waals surface area contributed by atoms with E-state index in [0.717, 1.165) is 5.56 Å². The largest absolute Gasteiger partial charge is 0.545 e. The van der Waals surface area contributed by atoms with Crippen LogP contribution in [0.4, 0.5) is 5.69 Å². The summed E-state index contributed by atoms with van der Waals surface area (Å²) in [6, 6.07) is 12.7. The predicted molar refractivity (Wildman–Crippen MR) is 86.3 cm³/mol. The zero-order valence-electron chi connectivity index (χ0n) is 12.8. The SMILES string of the molecule is Cc1ccc(NC(=O)C(=O)N/N=C\c2ccc(C(=O)[O-])cc2)cc1. The van der Waals surface area contributed by atoms with E-state index in [9.17, 15) is 19.5 Å². The average Bonchev–Trinajstić information content (AvgIpc) is 2.57. The van der Waals surface area contributed by atoms with Gasteiger partial charge in [-0.25, -0.2) is 5.43 Å². The Morgan fingerprint density at radius 3 is 2.17 bits per heavy atom. The van der Waals surface area contributed by atoms with Crippen molar-refractivity contribution in [1.29, 1.82) is 0 Å². The van der Waals surface area contributed by atoms with Crippen LogP contribution in [0, 0.1) is 6.92 Å². The summed E-state index contributed by atoms with van der Waals surface area (Å²) >= 11 is 0. The third-order valence-electron chi connectivity index (χ3n) is 3.04. The molecule has 122 valence electrons. The minimum atomic E-state index is -1.28. The molecule has 0 aliphatic carbocycles. The molecule has 0 radical (unpaired) electrons. The molecular formula is C17H14N3O4-. The highest BCUT2D eigenvalue weighted by Gasteiger charge is 2.12. The third-order valence-corrected chi connectivity index (χ3v) is 3.04. The van der Waals surface area contributed by atoms with Crippen LogP contribution in [-0.4, -0.2) is 24.0 Å². The highest BCUT2D eigenvalue weighted by molar-refractivity contribution is 6.39. The topological polar surface area (TPSA) is 111 Å². The number of carbonyl (C=O) groups is 3. The van der Waals surface area contributed by atoms with Crippen LogP contribution in [0.3, 0.4) is 0 Å². The summed E-state index contributed by atoms with van der Waals surface area (Å²) < 4.78 is 0. The zero-order valence-corrected chi connectivity index (χ0v) is 12.8. The minimum absolute atomic E-state index is 0.0358. The van der Waals surface area contributed by atoms with Crippen molar-refractivity contribution in [2.45, 2.75) is 6.92 Å². The van der Waals surface area contributed by atoms with Crippen LogP contribution in [0.5, 0.6) is 0 Å². The van der Waals surface area contributed by atoms with Crippen LogP contribution in [-0.2, 0) is 9.59 Å². The lowest BCUT2D eigenvalue weighted by atomic mass is 10.1. The number of hydrazone groups is 1. The Bertz CT molecular complexity index is 780. The highest BCUT2D eigenvalue weighted by atomic mass is 16.4. The van der Waals surface area contributed by atoms with Crippen LogP contribution >= 0.6 is 0 Å². The van der Waals surface area contributed by atoms with Crippen LogP contribution in [0.25, 0.3) is 0 Å². The number of rotatable bonds is 4. The molecule has 0 saturated heterocycles. The maximum absolute atomic E-state index is 11.7. The standard InChI is InChI=1S/C17H15N3O4/c1-11-2-8-14(9-3-11)19-15(21)16(22)20-18-10-12-4-6-13(7-5-12)17(23)24/h2-10H,1H3,(H,19,21)(H,20,22)(H,23,24)/p-1/b18-10-. The van der Waals surface area contributed by atoms with Gasteiger partial charge in [-0.2, -0.15) is 5.10 Å². The molecule has 0 heterocycles. The molecule has 0 aromatic heterocycles. The molecule has 7 heteroatoms. The molecule has 0 fully saturated rings. The second kappa shape index (κ2) is 7.68. The summed E-state index contributed by atoms with van der Waals surface area (Å²) in [5.41, 5.74) is 4.22. The Balaban J connectivity index is 1.88.